The number of likely N-dealkylation sites (tertiary alicyclic amines) is 1. The highest BCUT2D eigenvalue weighted by Gasteiger charge is 2.33. The largest absolute Gasteiger partial charge is 0.338 e. The normalized spacial score (nSPS) is 24.3. The van der Waals surface area contributed by atoms with Crippen LogP contribution in [0.5, 0.6) is 0 Å². The van der Waals surface area contributed by atoms with Crippen molar-refractivity contribution in [1.82, 2.24) is 19.7 Å². The highest BCUT2D eigenvalue weighted by molar-refractivity contribution is 5.94. The molecule has 0 radical (unpaired) electrons. The quantitative estimate of drug-likeness (QED) is 0.857. The predicted molar refractivity (Wildman–Crippen MR) is 87.3 cm³/mol. The van der Waals surface area contributed by atoms with E-state index < -0.39 is 0 Å². The molecule has 2 fully saturated rings. The van der Waals surface area contributed by atoms with Crippen molar-refractivity contribution >= 4 is 5.91 Å². The third kappa shape index (κ3) is 2.87. The topological polar surface area (TPSA) is 51.0 Å². The molecular formula is C18H22N4O. The molecule has 5 heteroatoms. The zero-order valence-electron chi connectivity index (χ0n) is 13.3. The van der Waals surface area contributed by atoms with Crippen molar-refractivity contribution in [2.24, 2.45) is 11.8 Å². The van der Waals surface area contributed by atoms with Gasteiger partial charge in [0.05, 0.1) is 5.69 Å². The number of hydrogen-bond donors (Lipinski definition) is 0. The van der Waals surface area contributed by atoms with E-state index in [1.807, 2.05) is 24.3 Å². The van der Waals surface area contributed by atoms with Gasteiger partial charge in [-0.15, -0.1) is 0 Å². The van der Waals surface area contributed by atoms with Crippen LogP contribution >= 0.6 is 0 Å². The zero-order chi connectivity index (χ0) is 15.6. The molecule has 2 atom stereocenters. The number of hydrogen-bond acceptors (Lipinski definition) is 3. The Morgan fingerprint density at radius 1 is 1.04 bits per heavy atom. The Balaban J connectivity index is 1.46. The van der Waals surface area contributed by atoms with Crippen LogP contribution in [0, 0.1) is 11.8 Å². The average molecular weight is 310 g/mol. The van der Waals surface area contributed by atoms with Crippen LogP contribution in [0.4, 0.5) is 0 Å². The highest BCUT2D eigenvalue weighted by atomic mass is 16.2. The van der Waals surface area contributed by atoms with E-state index in [1.54, 1.807) is 11.0 Å². The molecule has 0 N–H and O–H groups in total. The molecule has 4 rings (SSSR count). The zero-order valence-corrected chi connectivity index (χ0v) is 13.3. The number of amides is 1. The van der Waals surface area contributed by atoms with Crippen molar-refractivity contribution < 1.29 is 4.79 Å². The third-order valence-electron chi connectivity index (χ3n) is 5.38. The smallest absolute Gasteiger partial charge is 0.253 e. The predicted octanol–water partition coefficient (Wildman–Crippen LogP) is 2.92. The van der Waals surface area contributed by atoms with Crippen molar-refractivity contribution in [3.63, 3.8) is 0 Å². The summed E-state index contributed by atoms with van der Waals surface area (Å²) in [7, 11) is 0. The molecule has 1 aromatic carbocycles. The lowest BCUT2D eigenvalue weighted by Gasteiger charge is -2.41. The first-order chi connectivity index (χ1) is 11.3. The van der Waals surface area contributed by atoms with Crippen molar-refractivity contribution in [2.45, 2.75) is 32.1 Å². The second-order valence-corrected chi connectivity index (χ2v) is 6.73. The minimum absolute atomic E-state index is 0.166. The summed E-state index contributed by atoms with van der Waals surface area (Å²) in [5.74, 6) is 1.73. The summed E-state index contributed by atoms with van der Waals surface area (Å²) in [5, 5.41) is 4.11. The molecule has 1 aromatic heterocycles. The van der Waals surface area contributed by atoms with Gasteiger partial charge in [0.25, 0.3) is 5.91 Å². The van der Waals surface area contributed by atoms with Gasteiger partial charge in [-0.3, -0.25) is 4.79 Å². The van der Waals surface area contributed by atoms with Gasteiger partial charge in [-0.25, -0.2) is 9.67 Å². The molecule has 2 heterocycles. The fourth-order valence-electron chi connectivity index (χ4n) is 4.07. The molecule has 2 aromatic rings. The van der Waals surface area contributed by atoms with E-state index in [9.17, 15) is 4.79 Å². The van der Waals surface area contributed by atoms with Crippen molar-refractivity contribution in [3.05, 3.63) is 42.5 Å². The minimum Gasteiger partial charge on any atom is -0.338 e. The summed E-state index contributed by atoms with van der Waals surface area (Å²) in [6.45, 7) is 1.85. The fraction of sp³-hybridized carbons (Fsp3) is 0.500. The maximum Gasteiger partial charge on any atom is 0.253 e. The number of aromatic nitrogens is 3. The molecule has 1 aliphatic carbocycles. The number of nitrogens with zero attached hydrogens (tertiary/aromatic N) is 4. The summed E-state index contributed by atoms with van der Waals surface area (Å²) in [4.78, 5) is 18.8. The molecule has 1 saturated carbocycles. The van der Waals surface area contributed by atoms with E-state index in [0.29, 0.717) is 0 Å². The molecule has 0 spiro atoms. The molecule has 2 aliphatic rings. The number of fused-ring (bicyclic) bond motifs is 1. The summed E-state index contributed by atoms with van der Waals surface area (Å²) >= 11 is 0. The summed E-state index contributed by atoms with van der Waals surface area (Å²) in [6.07, 6.45) is 9.69. The van der Waals surface area contributed by atoms with Crippen LogP contribution in [-0.4, -0.2) is 38.7 Å². The summed E-state index contributed by atoms with van der Waals surface area (Å²) in [5.41, 5.74) is 1.69. The van der Waals surface area contributed by atoms with Gasteiger partial charge in [-0.1, -0.05) is 19.3 Å². The van der Waals surface area contributed by atoms with Gasteiger partial charge in [0.2, 0.25) is 0 Å². The first kappa shape index (κ1) is 14.4. The lowest BCUT2D eigenvalue weighted by molar-refractivity contribution is 0.0521. The Kier molecular flexibility index (Phi) is 3.85. The number of benzene rings is 1. The van der Waals surface area contributed by atoms with Crippen LogP contribution < -0.4 is 0 Å². The van der Waals surface area contributed by atoms with Gasteiger partial charge < -0.3 is 4.90 Å². The SMILES string of the molecule is O=C(c1ccc(-n2cncn2)cc1)N1CC[C@H]2CCCC[C@@H]2C1. The van der Waals surface area contributed by atoms with Gasteiger partial charge in [0.1, 0.15) is 12.7 Å². The molecule has 120 valence electrons. The van der Waals surface area contributed by atoms with E-state index in [-0.39, 0.29) is 5.91 Å². The molecule has 23 heavy (non-hydrogen) atoms. The van der Waals surface area contributed by atoms with Gasteiger partial charge in [0.15, 0.2) is 0 Å². The molecule has 5 nitrogen and oxygen atoms in total. The highest BCUT2D eigenvalue weighted by Crippen LogP contribution is 2.36. The van der Waals surface area contributed by atoms with Crippen molar-refractivity contribution in [1.29, 1.82) is 0 Å². The van der Waals surface area contributed by atoms with Crippen LogP contribution in [0.2, 0.25) is 0 Å². The number of carbonyl (C=O) groups is 1. The van der Waals surface area contributed by atoms with Gasteiger partial charge in [-0.05, 0) is 48.9 Å². The monoisotopic (exact) mass is 310 g/mol. The molecule has 0 bridgehead atoms. The molecule has 0 unspecified atom stereocenters. The standard InChI is InChI=1S/C18H22N4O/c23-18(21-10-9-14-3-1-2-4-16(14)11-21)15-5-7-17(8-6-15)22-13-19-12-20-22/h5-8,12-14,16H,1-4,9-11H2/t14-,16-/m1/s1. The Morgan fingerprint density at radius 3 is 2.57 bits per heavy atom. The second kappa shape index (κ2) is 6.14. The fourth-order valence-corrected chi connectivity index (χ4v) is 4.07. The summed E-state index contributed by atoms with van der Waals surface area (Å²) in [6, 6.07) is 7.64. The van der Waals surface area contributed by atoms with E-state index in [1.165, 1.54) is 38.4 Å². The first-order valence-electron chi connectivity index (χ1n) is 8.55. The lowest BCUT2D eigenvalue weighted by Crippen LogP contribution is -2.44. The van der Waals surface area contributed by atoms with Crippen LogP contribution in [0.1, 0.15) is 42.5 Å². The maximum atomic E-state index is 12.8. The lowest BCUT2D eigenvalue weighted by atomic mass is 9.75. The molecule has 1 amide bonds. The molecular weight excluding hydrogens is 288 g/mol. The van der Waals surface area contributed by atoms with E-state index >= 15 is 0 Å². The average Bonchev–Trinajstić information content (AvgIpc) is 3.15. The Bertz CT molecular complexity index is 665. The molecule has 1 saturated heterocycles. The number of piperidine rings is 1. The maximum absolute atomic E-state index is 12.8. The molecule has 1 aliphatic heterocycles. The Hall–Kier alpha value is -2.17. The van der Waals surface area contributed by atoms with Crippen molar-refractivity contribution in [2.75, 3.05) is 13.1 Å². The van der Waals surface area contributed by atoms with Gasteiger partial charge in [-0.2, -0.15) is 5.10 Å². The first-order valence-corrected chi connectivity index (χ1v) is 8.55. The van der Waals surface area contributed by atoms with Gasteiger partial charge in [0, 0.05) is 18.7 Å². The van der Waals surface area contributed by atoms with Crippen LogP contribution in [0.25, 0.3) is 5.69 Å². The van der Waals surface area contributed by atoms with Crippen LogP contribution in [0.15, 0.2) is 36.9 Å². The van der Waals surface area contributed by atoms with Gasteiger partial charge >= 0.3 is 0 Å². The van der Waals surface area contributed by atoms with Crippen molar-refractivity contribution in [3.8, 4) is 5.69 Å². The third-order valence-corrected chi connectivity index (χ3v) is 5.38. The van der Waals surface area contributed by atoms with E-state index in [4.69, 9.17) is 0 Å². The Morgan fingerprint density at radius 2 is 1.83 bits per heavy atom. The second-order valence-electron chi connectivity index (χ2n) is 6.73. The summed E-state index contributed by atoms with van der Waals surface area (Å²) < 4.78 is 1.70. The Labute approximate surface area is 136 Å². The van der Waals surface area contributed by atoms with E-state index in [2.05, 4.69) is 15.0 Å². The minimum atomic E-state index is 0.166. The number of rotatable bonds is 2. The van der Waals surface area contributed by atoms with Crippen LogP contribution in [0.3, 0.4) is 0 Å². The van der Waals surface area contributed by atoms with Crippen LogP contribution in [-0.2, 0) is 0 Å². The number of carbonyl (C=O) groups excluding carboxylic acids is 1. The van der Waals surface area contributed by atoms with E-state index in [0.717, 1.165) is 36.2 Å².